The molecular formula is C20H33N3O2. The lowest BCUT2D eigenvalue weighted by atomic mass is 9.86. The summed E-state index contributed by atoms with van der Waals surface area (Å²) in [5.41, 5.74) is 2.77. The van der Waals surface area contributed by atoms with E-state index in [0.717, 1.165) is 18.6 Å². The van der Waals surface area contributed by atoms with Gasteiger partial charge in [-0.15, -0.1) is 0 Å². The van der Waals surface area contributed by atoms with Gasteiger partial charge in [0.05, 0.1) is 6.54 Å². The normalized spacial score (nSPS) is 16.4. The van der Waals surface area contributed by atoms with E-state index in [1.54, 1.807) is 7.05 Å². The van der Waals surface area contributed by atoms with Gasteiger partial charge in [0.25, 0.3) is 0 Å². The Morgan fingerprint density at radius 1 is 1.28 bits per heavy atom. The molecule has 2 rings (SSSR count). The third-order valence-corrected chi connectivity index (χ3v) is 4.83. The molecule has 2 N–H and O–H groups in total. The zero-order chi connectivity index (χ0) is 18.1. The van der Waals surface area contributed by atoms with Crippen LogP contribution in [0.5, 0.6) is 5.75 Å². The molecule has 5 nitrogen and oxygen atoms in total. The van der Waals surface area contributed by atoms with Crippen LogP contribution < -0.4 is 15.4 Å². The van der Waals surface area contributed by atoms with Crippen molar-refractivity contribution in [3.05, 3.63) is 29.3 Å². The molecule has 140 valence electrons. The Morgan fingerprint density at radius 3 is 2.72 bits per heavy atom. The number of amides is 2. The number of benzene rings is 1. The lowest BCUT2D eigenvalue weighted by Gasteiger charge is -2.35. The number of fused-ring (bicyclic) bond motifs is 1. The monoisotopic (exact) mass is 347 g/mol. The summed E-state index contributed by atoms with van der Waals surface area (Å²) in [5.74, 6) is 0.980. The van der Waals surface area contributed by atoms with Crippen molar-refractivity contribution in [3.63, 3.8) is 0 Å². The Labute approximate surface area is 152 Å². The second kappa shape index (κ2) is 10.3. The van der Waals surface area contributed by atoms with Gasteiger partial charge in [0.15, 0.2) is 0 Å². The van der Waals surface area contributed by atoms with Crippen LogP contribution in [0.3, 0.4) is 0 Å². The number of urea groups is 1. The van der Waals surface area contributed by atoms with Crippen LogP contribution >= 0.6 is 0 Å². The number of nitrogens with one attached hydrogen (secondary N) is 2. The van der Waals surface area contributed by atoms with Crippen LogP contribution in [0, 0.1) is 0 Å². The molecule has 5 heteroatoms. The van der Waals surface area contributed by atoms with Crippen molar-refractivity contribution in [2.24, 2.45) is 0 Å². The predicted molar refractivity (Wildman–Crippen MR) is 102 cm³/mol. The van der Waals surface area contributed by atoms with Crippen molar-refractivity contribution in [3.8, 4) is 5.75 Å². The smallest absolute Gasteiger partial charge is 0.314 e. The Kier molecular flexibility index (Phi) is 8.06. The van der Waals surface area contributed by atoms with Crippen molar-refractivity contribution >= 4 is 6.03 Å². The highest BCUT2D eigenvalue weighted by atomic mass is 16.5. The van der Waals surface area contributed by atoms with Crippen LogP contribution in [0.15, 0.2) is 18.2 Å². The SMILES string of the molecule is CCCN(CCC)C1CCc2cccc(OCCNC(=O)NC)c2C1. The van der Waals surface area contributed by atoms with Crippen molar-refractivity contribution in [2.45, 2.75) is 52.0 Å². The van der Waals surface area contributed by atoms with E-state index >= 15 is 0 Å². The Morgan fingerprint density at radius 2 is 2.04 bits per heavy atom. The second-order valence-corrected chi connectivity index (χ2v) is 6.68. The minimum Gasteiger partial charge on any atom is -0.491 e. The first kappa shape index (κ1) is 19.6. The quantitative estimate of drug-likeness (QED) is 0.675. The van der Waals surface area contributed by atoms with Gasteiger partial charge >= 0.3 is 6.03 Å². The number of rotatable bonds is 9. The van der Waals surface area contributed by atoms with Crippen LogP contribution in [-0.4, -0.2) is 50.3 Å². The first-order valence-electron chi connectivity index (χ1n) is 9.62. The van der Waals surface area contributed by atoms with Gasteiger partial charge in [-0.25, -0.2) is 4.79 Å². The van der Waals surface area contributed by atoms with Crippen LogP contribution in [0.4, 0.5) is 4.79 Å². The van der Waals surface area contributed by atoms with Crippen molar-refractivity contribution in [2.75, 3.05) is 33.3 Å². The minimum atomic E-state index is -0.173. The highest BCUT2D eigenvalue weighted by Crippen LogP contribution is 2.31. The molecule has 25 heavy (non-hydrogen) atoms. The van der Waals surface area contributed by atoms with Crippen LogP contribution in [0.1, 0.15) is 44.2 Å². The van der Waals surface area contributed by atoms with Crippen molar-refractivity contribution in [1.29, 1.82) is 0 Å². The molecule has 0 heterocycles. The number of nitrogens with zero attached hydrogens (tertiary/aromatic N) is 1. The van der Waals surface area contributed by atoms with Gasteiger partial charge in [0.1, 0.15) is 12.4 Å². The summed E-state index contributed by atoms with van der Waals surface area (Å²) in [6.07, 6.45) is 5.82. The van der Waals surface area contributed by atoms with E-state index < -0.39 is 0 Å². The molecule has 1 aromatic rings. The largest absolute Gasteiger partial charge is 0.491 e. The maximum absolute atomic E-state index is 11.2. The second-order valence-electron chi connectivity index (χ2n) is 6.68. The van der Waals surface area contributed by atoms with Gasteiger partial charge in [-0.1, -0.05) is 26.0 Å². The van der Waals surface area contributed by atoms with Crippen molar-refractivity contribution < 1.29 is 9.53 Å². The van der Waals surface area contributed by atoms with Gasteiger partial charge in [-0.05, 0) is 62.4 Å². The molecule has 0 aliphatic heterocycles. The average molecular weight is 348 g/mol. The highest BCUT2D eigenvalue weighted by molar-refractivity contribution is 5.73. The molecular weight excluding hydrogens is 314 g/mol. The zero-order valence-corrected chi connectivity index (χ0v) is 15.9. The number of ether oxygens (including phenoxy) is 1. The lowest BCUT2D eigenvalue weighted by Crippen LogP contribution is -2.40. The molecule has 0 aromatic heterocycles. The van der Waals surface area contributed by atoms with E-state index in [4.69, 9.17) is 4.74 Å². The lowest BCUT2D eigenvalue weighted by molar-refractivity contribution is 0.178. The van der Waals surface area contributed by atoms with E-state index in [1.165, 1.54) is 43.5 Å². The number of carbonyl (C=O) groups is 1. The molecule has 1 aliphatic carbocycles. The zero-order valence-electron chi connectivity index (χ0n) is 15.9. The summed E-state index contributed by atoms with van der Waals surface area (Å²) in [6.45, 7) is 7.85. The Hall–Kier alpha value is -1.75. The molecule has 1 unspecified atom stereocenters. The summed E-state index contributed by atoms with van der Waals surface area (Å²) in [4.78, 5) is 13.9. The molecule has 0 spiro atoms. The highest BCUT2D eigenvalue weighted by Gasteiger charge is 2.25. The Balaban J connectivity index is 2.00. The van der Waals surface area contributed by atoms with Gasteiger partial charge in [-0.2, -0.15) is 0 Å². The average Bonchev–Trinajstić information content (AvgIpc) is 2.64. The summed E-state index contributed by atoms with van der Waals surface area (Å²) < 4.78 is 5.99. The van der Waals surface area contributed by atoms with E-state index in [0.29, 0.717) is 19.2 Å². The molecule has 2 amide bonds. The van der Waals surface area contributed by atoms with Gasteiger partial charge < -0.3 is 20.3 Å². The maximum atomic E-state index is 11.2. The molecule has 0 saturated carbocycles. The number of hydrogen-bond acceptors (Lipinski definition) is 3. The van der Waals surface area contributed by atoms with Crippen LogP contribution in [0.2, 0.25) is 0 Å². The summed E-state index contributed by atoms with van der Waals surface area (Å²) in [5, 5.41) is 5.30. The standard InChI is InChI=1S/C20H33N3O2/c1-4-12-23(13-5-2)17-10-9-16-7-6-8-19(18(16)15-17)25-14-11-22-20(24)21-3/h6-8,17H,4-5,9-15H2,1-3H3,(H2,21,22,24). The fraction of sp³-hybridized carbons (Fsp3) is 0.650. The van der Waals surface area contributed by atoms with E-state index in [9.17, 15) is 4.79 Å². The number of aryl methyl sites for hydroxylation is 1. The predicted octanol–water partition coefficient (Wildman–Crippen LogP) is 2.97. The van der Waals surface area contributed by atoms with Crippen LogP contribution in [-0.2, 0) is 12.8 Å². The number of carbonyl (C=O) groups excluding carboxylic acids is 1. The summed E-state index contributed by atoms with van der Waals surface area (Å²) in [7, 11) is 1.61. The molecule has 0 bridgehead atoms. The topological polar surface area (TPSA) is 53.6 Å². The van der Waals surface area contributed by atoms with Gasteiger partial charge in [-0.3, -0.25) is 0 Å². The third-order valence-electron chi connectivity index (χ3n) is 4.83. The van der Waals surface area contributed by atoms with Gasteiger partial charge in [0.2, 0.25) is 0 Å². The maximum Gasteiger partial charge on any atom is 0.314 e. The first-order chi connectivity index (χ1) is 12.2. The summed E-state index contributed by atoms with van der Waals surface area (Å²) >= 11 is 0. The van der Waals surface area contributed by atoms with E-state index in [1.807, 2.05) is 0 Å². The van der Waals surface area contributed by atoms with Gasteiger partial charge in [0, 0.05) is 13.1 Å². The van der Waals surface area contributed by atoms with Crippen LogP contribution in [0.25, 0.3) is 0 Å². The van der Waals surface area contributed by atoms with E-state index in [2.05, 4.69) is 47.6 Å². The van der Waals surface area contributed by atoms with Crippen molar-refractivity contribution in [1.82, 2.24) is 15.5 Å². The molecule has 1 atom stereocenters. The minimum absolute atomic E-state index is 0.173. The molecule has 0 saturated heterocycles. The molecule has 0 fully saturated rings. The molecule has 1 aromatic carbocycles. The number of hydrogen-bond donors (Lipinski definition) is 2. The fourth-order valence-corrected chi connectivity index (χ4v) is 3.65. The molecule has 0 radical (unpaired) electrons. The molecule has 1 aliphatic rings. The van der Waals surface area contributed by atoms with E-state index in [-0.39, 0.29) is 6.03 Å². The third kappa shape index (κ3) is 5.63. The first-order valence-corrected chi connectivity index (χ1v) is 9.62. The summed E-state index contributed by atoms with van der Waals surface area (Å²) in [6, 6.07) is 6.81. The fourth-order valence-electron chi connectivity index (χ4n) is 3.65. The Bertz CT molecular complexity index is 542.